The summed E-state index contributed by atoms with van der Waals surface area (Å²) >= 11 is 0.950. The molecular formula is C18H28P2Pd. The van der Waals surface area contributed by atoms with Crippen molar-refractivity contribution in [2.24, 2.45) is 0 Å². The third-order valence-electron chi connectivity index (χ3n) is 2.55. The number of rotatable bonds is 2. The van der Waals surface area contributed by atoms with Crippen molar-refractivity contribution in [3.05, 3.63) is 60.7 Å². The van der Waals surface area contributed by atoms with Gasteiger partial charge in [-0.2, -0.15) is 0 Å². The summed E-state index contributed by atoms with van der Waals surface area (Å²) in [5.74, 6) is 0. The van der Waals surface area contributed by atoms with E-state index in [1.165, 1.54) is 10.6 Å². The summed E-state index contributed by atoms with van der Waals surface area (Å²) in [7, 11) is 0.209. The van der Waals surface area contributed by atoms with Crippen LogP contribution < -0.4 is 10.6 Å². The molecule has 0 nitrogen and oxygen atoms in total. The van der Waals surface area contributed by atoms with Gasteiger partial charge in [-0.3, -0.25) is 0 Å². The molecule has 0 atom stereocenters. The normalized spacial score (nSPS) is 9.71. The van der Waals surface area contributed by atoms with Crippen LogP contribution in [-0.2, 0) is 18.0 Å². The van der Waals surface area contributed by atoms with Crippen LogP contribution in [0.5, 0.6) is 0 Å². The molecule has 120 valence electrons. The van der Waals surface area contributed by atoms with E-state index in [1.807, 2.05) is 0 Å². The molecule has 21 heavy (non-hydrogen) atoms. The summed E-state index contributed by atoms with van der Waals surface area (Å²) in [4.78, 5) is 0. The number of hydrogen-bond acceptors (Lipinski definition) is 0. The summed E-state index contributed by atoms with van der Waals surface area (Å²) in [5.41, 5.74) is 0. The van der Waals surface area contributed by atoms with Crippen LogP contribution in [-0.4, -0.2) is 26.7 Å². The zero-order valence-electron chi connectivity index (χ0n) is 14.0. The second-order valence-electron chi connectivity index (χ2n) is 4.78. The van der Waals surface area contributed by atoms with Crippen molar-refractivity contribution in [1.82, 2.24) is 0 Å². The van der Waals surface area contributed by atoms with Crippen molar-refractivity contribution < 1.29 is 18.0 Å². The Morgan fingerprint density at radius 2 is 0.810 bits per heavy atom. The first-order valence-electron chi connectivity index (χ1n) is 6.69. The topological polar surface area (TPSA) is 0 Å². The van der Waals surface area contributed by atoms with Crippen molar-refractivity contribution in [1.29, 1.82) is 0 Å². The fourth-order valence-corrected chi connectivity index (χ4v) is 2.99. The predicted molar refractivity (Wildman–Crippen MR) is 101 cm³/mol. The SMILES string of the molecule is CP(C)c1ccccc1.CP(C)c1ccccc1.[CH3][Pd][CH3]. The summed E-state index contributed by atoms with van der Waals surface area (Å²) in [6.45, 7) is 9.07. The molecule has 3 heteroatoms. The predicted octanol–water partition coefficient (Wildman–Crippen LogP) is 5.27. The Hall–Kier alpha value is -0.0377. The quantitative estimate of drug-likeness (QED) is 0.465. The van der Waals surface area contributed by atoms with Crippen LogP contribution >= 0.6 is 15.8 Å². The van der Waals surface area contributed by atoms with Gasteiger partial charge in [-0.05, 0) is 37.3 Å². The van der Waals surface area contributed by atoms with Gasteiger partial charge in [-0.15, -0.1) is 0 Å². The van der Waals surface area contributed by atoms with Crippen LogP contribution in [0.15, 0.2) is 60.7 Å². The molecule has 0 saturated heterocycles. The van der Waals surface area contributed by atoms with Crippen molar-refractivity contribution in [3.63, 3.8) is 0 Å². The molecular weight excluding hydrogens is 385 g/mol. The second-order valence-corrected chi connectivity index (χ2v) is 10.9. The number of hydrogen-bond donors (Lipinski definition) is 0. The number of benzene rings is 2. The van der Waals surface area contributed by atoms with Gasteiger partial charge in [0, 0.05) is 0 Å². The van der Waals surface area contributed by atoms with E-state index in [2.05, 4.69) is 98.1 Å². The van der Waals surface area contributed by atoms with E-state index in [1.54, 1.807) is 0 Å². The monoisotopic (exact) mass is 412 g/mol. The van der Waals surface area contributed by atoms with Gasteiger partial charge in [0.25, 0.3) is 0 Å². The zero-order chi connectivity index (χ0) is 16.1. The first kappa shape index (κ1) is 21.0. The summed E-state index contributed by atoms with van der Waals surface area (Å²) in [6, 6.07) is 21.2. The Morgan fingerprint density at radius 3 is 0.952 bits per heavy atom. The van der Waals surface area contributed by atoms with Gasteiger partial charge in [-0.1, -0.05) is 76.5 Å². The van der Waals surface area contributed by atoms with Gasteiger partial charge < -0.3 is 0 Å². The van der Waals surface area contributed by atoms with Crippen LogP contribution in [0.2, 0.25) is 10.8 Å². The third kappa shape index (κ3) is 11.2. The molecule has 0 radical (unpaired) electrons. The average molecular weight is 413 g/mol. The maximum atomic E-state index is 2.27. The molecule has 0 heterocycles. The van der Waals surface area contributed by atoms with Gasteiger partial charge >= 0.3 is 28.8 Å². The Kier molecular flexibility index (Phi) is 13.6. The molecule has 0 spiro atoms. The molecule has 0 amide bonds. The minimum atomic E-state index is 0.104. The molecule has 2 rings (SSSR count). The Morgan fingerprint density at radius 1 is 0.571 bits per heavy atom. The first-order chi connectivity index (χ1) is 10.0. The third-order valence-corrected chi connectivity index (χ3v) is 5.21. The standard InChI is InChI=1S/2C8H11P.2CH3.Pd/c2*1-9(2)8-6-4-3-5-7-8;;;/h2*3-7H,1-2H3;2*1H3;. The molecule has 2 aromatic rings. The molecule has 0 saturated carbocycles. The van der Waals surface area contributed by atoms with E-state index in [0.717, 1.165) is 18.0 Å². The Bertz CT molecular complexity index is 398. The minimum absolute atomic E-state index is 0.104. The Balaban J connectivity index is 0.000000322. The molecule has 0 bridgehead atoms. The van der Waals surface area contributed by atoms with Gasteiger partial charge in [0.2, 0.25) is 0 Å². The van der Waals surface area contributed by atoms with E-state index in [-0.39, 0.29) is 15.8 Å². The van der Waals surface area contributed by atoms with Gasteiger partial charge in [0.15, 0.2) is 0 Å². The van der Waals surface area contributed by atoms with E-state index < -0.39 is 0 Å². The van der Waals surface area contributed by atoms with Crippen molar-refractivity contribution >= 4 is 26.5 Å². The van der Waals surface area contributed by atoms with Crippen LogP contribution in [0.4, 0.5) is 0 Å². The van der Waals surface area contributed by atoms with Crippen LogP contribution in [0.25, 0.3) is 0 Å². The summed E-state index contributed by atoms with van der Waals surface area (Å²) < 4.78 is 0. The fraction of sp³-hybridized carbons (Fsp3) is 0.333. The molecule has 0 aliphatic heterocycles. The van der Waals surface area contributed by atoms with Crippen LogP contribution in [0, 0.1) is 0 Å². The van der Waals surface area contributed by atoms with Crippen molar-refractivity contribution in [3.8, 4) is 0 Å². The zero-order valence-corrected chi connectivity index (χ0v) is 17.3. The fourth-order valence-electron chi connectivity index (χ4n) is 1.45. The maximum absolute atomic E-state index is 2.27. The average Bonchev–Trinajstić information content (AvgIpc) is 2.50. The van der Waals surface area contributed by atoms with E-state index in [4.69, 9.17) is 0 Å². The summed E-state index contributed by atoms with van der Waals surface area (Å²) in [5, 5.41) is 7.31. The Labute approximate surface area is 142 Å². The molecule has 0 aromatic heterocycles. The molecule has 2 aromatic carbocycles. The van der Waals surface area contributed by atoms with Crippen molar-refractivity contribution in [2.75, 3.05) is 26.7 Å². The molecule has 0 aliphatic rings. The first-order valence-corrected chi connectivity index (χ1v) is 14.3. The molecule has 0 N–H and O–H groups in total. The summed E-state index contributed by atoms with van der Waals surface area (Å²) in [6.07, 6.45) is 0. The molecule has 0 unspecified atom stereocenters. The van der Waals surface area contributed by atoms with Crippen LogP contribution in [0.1, 0.15) is 0 Å². The molecule has 0 fully saturated rings. The van der Waals surface area contributed by atoms with Gasteiger partial charge in [0.05, 0.1) is 0 Å². The second kappa shape index (κ2) is 13.6. The van der Waals surface area contributed by atoms with E-state index in [9.17, 15) is 0 Å². The van der Waals surface area contributed by atoms with Gasteiger partial charge in [0.1, 0.15) is 0 Å². The van der Waals surface area contributed by atoms with Crippen molar-refractivity contribution in [2.45, 2.75) is 10.8 Å². The van der Waals surface area contributed by atoms with Gasteiger partial charge in [-0.25, -0.2) is 0 Å². The van der Waals surface area contributed by atoms with E-state index >= 15 is 0 Å². The molecule has 0 aliphatic carbocycles. The van der Waals surface area contributed by atoms with E-state index in [0.29, 0.717) is 0 Å². The van der Waals surface area contributed by atoms with Crippen LogP contribution in [0.3, 0.4) is 0 Å².